The molecule has 22 heavy (non-hydrogen) atoms. The van der Waals surface area contributed by atoms with Crippen molar-refractivity contribution in [2.75, 3.05) is 19.6 Å². The fourth-order valence-corrected chi connectivity index (χ4v) is 4.06. The lowest BCUT2D eigenvalue weighted by atomic mass is 10.1. The number of nitrogens with zero attached hydrogens (tertiary/aromatic N) is 4. The summed E-state index contributed by atoms with van der Waals surface area (Å²) in [5.41, 5.74) is 0.879. The smallest absolute Gasteiger partial charge is 0.262 e. The SMILES string of the molecule is Cl.Cn1cnc(S(=O)(=O)N2CCNCC2c2cccnc2)c1. The van der Waals surface area contributed by atoms with E-state index in [1.165, 1.54) is 16.8 Å². The van der Waals surface area contributed by atoms with Crippen molar-refractivity contribution in [2.45, 2.75) is 11.1 Å². The molecule has 0 aromatic carbocycles. The van der Waals surface area contributed by atoms with E-state index in [1.54, 1.807) is 24.0 Å². The third-order valence-corrected chi connectivity index (χ3v) is 5.31. The van der Waals surface area contributed by atoms with Crippen molar-refractivity contribution in [3.8, 4) is 0 Å². The second-order valence-corrected chi connectivity index (χ2v) is 6.84. The molecule has 1 aliphatic rings. The highest BCUT2D eigenvalue weighted by Crippen LogP contribution is 2.27. The molecule has 3 rings (SSSR count). The Hall–Kier alpha value is -1.48. The van der Waals surface area contributed by atoms with Crippen LogP contribution in [0.4, 0.5) is 0 Å². The molecular formula is C13H18ClN5O2S. The van der Waals surface area contributed by atoms with Crippen LogP contribution in [0.3, 0.4) is 0 Å². The van der Waals surface area contributed by atoms with Gasteiger partial charge in [-0.25, -0.2) is 13.4 Å². The maximum absolute atomic E-state index is 12.8. The summed E-state index contributed by atoms with van der Waals surface area (Å²) in [4.78, 5) is 8.07. The van der Waals surface area contributed by atoms with Crippen LogP contribution in [0, 0.1) is 0 Å². The van der Waals surface area contributed by atoms with Crippen LogP contribution in [0.25, 0.3) is 0 Å². The van der Waals surface area contributed by atoms with Gasteiger partial charge in [-0.1, -0.05) is 6.07 Å². The lowest BCUT2D eigenvalue weighted by molar-refractivity contribution is 0.270. The zero-order valence-corrected chi connectivity index (χ0v) is 13.7. The number of sulfonamides is 1. The molecule has 3 heterocycles. The molecule has 0 aliphatic carbocycles. The average molecular weight is 344 g/mol. The molecule has 120 valence electrons. The Labute approximate surface area is 135 Å². The first-order valence-corrected chi connectivity index (χ1v) is 8.13. The first kappa shape index (κ1) is 16.9. The van der Waals surface area contributed by atoms with Crippen LogP contribution in [0.5, 0.6) is 0 Å². The van der Waals surface area contributed by atoms with Crippen molar-refractivity contribution in [3.63, 3.8) is 0 Å². The first-order chi connectivity index (χ1) is 10.1. The van der Waals surface area contributed by atoms with E-state index in [2.05, 4.69) is 15.3 Å². The van der Waals surface area contributed by atoms with Gasteiger partial charge in [-0.3, -0.25) is 4.98 Å². The average Bonchev–Trinajstić information content (AvgIpc) is 2.95. The minimum absolute atomic E-state index is 0. The topological polar surface area (TPSA) is 80.1 Å². The van der Waals surface area contributed by atoms with E-state index in [9.17, 15) is 8.42 Å². The van der Waals surface area contributed by atoms with Crippen molar-refractivity contribution in [2.24, 2.45) is 7.05 Å². The van der Waals surface area contributed by atoms with Crippen LogP contribution in [-0.2, 0) is 17.1 Å². The number of aryl methyl sites for hydroxylation is 1. The Kier molecular flexibility index (Phi) is 5.17. The van der Waals surface area contributed by atoms with E-state index in [1.807, 2.05) is 12.1 Å². The zero-order valence-electron chi connectivity index (χ0n) is 12.1. The number of imidazole rings is 1. The van der Waals surface area contributed by atoms with E-state index in [0.29, 0.717) is 19.6 Å². The van der Waals surface area contributed by atoms with Crippen LogP contribution < -0.4 is 5.32 Å². The summed E-state index contributed by atoms with van der Waals surface area (Å²) in [5, 5.41) is 3.32. The number of aromatic nitrogens is 3. The standard InChI is InChI=1S/C13H17N5O2S.ClH/c1-17-9-13(16-10-17)21(19,20)18-6-5-15-8-12(18)11-3-2-4-14-7-11;/h2-4,7,9-10,12,15H,5-6,8H2,1H3;1H. The summed E-state index contributed by atoms with van der Waals surface area (Å²) in [7, 11) is -1.85. The number of nitrogens with one attached hydrogen (secondary N) is 1. The second-order valence-electron chi connectivity index (χ2n) is 5.00. The van der Waals surface area contributed by atoms with Gasteiger partial charge < -0.3 is 9.88 Å². The van der Waals surface area contributed by atoms with Gasteiger partial charge in [-0.15, -0.1) is 12.4 Å². The molecular weight excluding hydrogens is 326 g/mol. The molecule has 1 N–H and O–H groups in total. The summed E-state index contributed by atoms with van der Waals surface area (Å²) in [6.45, 7) is 1.61. The fourth-order valence-electron chi connectivity index (χ4n) is 2.47. The van der Waals surface area contributed by atoms with Gasteiger partial charge in [-0.05, 0) is 11.6 Å². The van der Waals surface area contributed by atoms with E-state index < -0.39 is 10.0 Å². The van der Waals surface area contributed by atoms with Crippen LogP contribution in [-0.4, -0.2) is 46.9 Å². The van der Waals surface area contributed by atoms with Crippen molar-refractivity contribution in [1.82, 2.24) is 24.2 Å². The number of halogens is 1. The highest BCUT2D eigenvalue weighted by molar-refractivity contribution is 7.89. The molecule has 1 saturated heterocycles. The van der Waals surface area contributed by atoms with Crippen LogP contribution in [0.1, 0.15) is 11.6 Å². The van der Waals surface area contributed by atoms with Gasteiger partial charge in [0.25, 0.3) is 10.0 Å². The van der Waals surface area contributed by atoms with Crippen LogP contribution in [0.2, 0.25) is 0 Å². The Morgan fingerprint density at radius 2 is 2.23 bits per heavy atom. The second kappa shape index (κ2) is 6.74. The molecule has 2 aromatic heterocycles. The maximum atomic E-state index is 12.8. The van der Waals surface area contributed by atoms with Crippen molar-refractivity contribution in [3.05, 3.63) is 42.6 Å². The zero-order chi connectivity index (χ0) is 14.9. The molecule has 1 atom stereocenters. The van der Waals surface area contributed by atoms with Crippen LogP contribution in [0.15, 0.2) is 42.1 Å². The third-order valence-electron chi connectivity index (χ3n) is 3.52. The molecule has 0 spiro atoms. The Balaban J connectivity index is 0.00000176. The van der Waals surface area contributed by atoms with E-state index in [0.717, 1.165) is 5.56 Å². The number of hydrogen-bond donors (Lipinski definition) is 1. The molecule has 0 bridgehead atoms. The Bertz CT molecular complexity index is 719. The lowest BCUT2D eigenvalue weighted by Gasteiger charge is -2.34. The van der Waals surface area contributed by atoms with Gasteiger partial charge >= 0.3 is 0 Å². The largest absolute Gasteiger partial charge is 0.339 e. The summed E-state index contributed by atoms with van der Waals surface area (Å²) >= 11 is 0. The first-order valence-electron chi connectivity index (χ1n) is 6.69. The summed E-state index contributed by atoms with van der Waals surface area (Å²) in [5.74, 6) is 0. The van der Waals surface area contributed by atoms with Crippen molar-refractivity contribution in [1.29, 1.82) is 0 Å². The molecule has 0 radical (unpaired) electrons. The highest BCUT2D eigenvalue weighted by Gasteiger charge is 2.35. The predicted octanol–water partition coefficient (Wildman–Crippen LogP) is 0.572. The minimum Gasteiger partial charge on any atom is -0.339 e. The lowest BCUT2D eigenvalue weighted by Crippen LogP contribution is -2.48. The Morgan fingerprint density at radius 1 is 1.41 bits per heavy atom. The van der Waals surface area contributed by atoms with E-state index in [-0.39, 0.29) is 23.5 Å². The van der Waals surface area contributed by atoms with E-state index >= 15 is 0 Å². The van der Waals surface area contributed by atoms with Gasteiger partial charge in [0, 0.05) is 45.3 Å². The molecule has 1 unspecified atom stereocenters. The maximum Gasteiger partial charge on any atom is 0.262 e. The van der Waals surface area contributed by atoms with E-state index in [4.69, 9.17) is 0 Å². The number of pyridine rings is 1. The molecule has 1 fully saturated rings. The van der Waals surface area contributed by atoms with Crippen LogP contribution >= 0.6 is 12.4 Å². The van der Waals surface area contributed by atoms with Gasteiger partial charge in [-0.2, -0.15) is 4.31 Å². The van der Waals surface area contributed by atoms with Gasteiger partial charge in [0.1, 0.15) is 0 Å². The number of piperazine rings is 1. The molecule has 1 aliphatic heterocycles. The molecule has 9 heteroatoms. The van der Waals surface area contributed by atoms with Crippen molar-refractivity contribution >= 4 is 22.4 Å². The fraction of sp³-hybridized carbons (Fsp3) is 0.385. The number of rotatable bonds is 3. The quantitative estimate of drug-likeness (QED) is 0.881. The highest BCUT2D eigenvalue weighted by atomic mass is 35.5. The summed E-state index contributed by atoms with van der Waals surface area (Å²) in [6, 6.07) is 3.45. The Morgan fingerprint density at radius 3 is 2.86 bits per heavy atom. The molecule has 7 nitrogen and oxygen atoms in total. The minimum atomic E-state index is -3.60. The monoisotopic (exact) mass is 343 g/mol. The third kappa shape index (κ3) is 3.14. The normalized spacial score (nSPS) is 19.6. The van der Waals surface area contributed by atoms with Gasteiger partial charge in [0.05, 0.1) is 12.4 Å². The van der Waals surface area contributed by atoms with Gasteiger partial charge in [0.2, 0.25) is 0 Å². The van der Waals surface area contributed by atoms with Crippen molar-refractivity contribution < 1.29 is 8.42 Å². The molecule has 2 aromatic rings. The summed E-state index contributed by atoms with van der Waals surface area (Å²) < 4.78 is 28.7. The molecule has 0 saturated carbocycles. The van der Waals surface area contributed by atoms with Gasteiger partial charge in [0.15, 0.2) is 5.03 Å². The predicted molar refractivity (Wildman–Crippen MR) is 84.2 cm³/mol. The summed E-state index contributed by atoms with van der Waals surface area (Å²) in [6.07, 6.45) is 6.40. The molecule has 0 amide bonds. The number of hydrogen-bond acceptors (Lipinski definition) is 5.